The van der Waals surface area contributed by atoms with Crippen molar-refractivity contribution < 1.29 is 9.13 Å². The van der Waals surface area contributed by atoms with Crippen molar-refractivity contribution in [1.82, 2.24) is 0 Å². The van der Waals surface area contributed by atoms with Gasteiger partial charge in [-0.15, -0.1) is 0 Å². The van der Waals surface area contributed by atoms with E-state index in [4.69, 9.17) is 10.5 Å². The van der Waals surface area contributed by atoms with Crippen LogP contribution in [0.1, 0.15) is 35.6 Å². The molecule has 1 atom stereocenters. The van der Waals surface area contributed by atoms with E-state index < -0.39 is 6.04 Å². The first-order valence-electron chi connectivity index (χ1n) is 6.92. The molecule has 2 aromatic rings. The lowest BCUT2D eigenvalue weighted by Crippen LogP contribution is -2.14. The number of halogens is 1. The van der Waals surface area contributed by atoms with E-state index in [0.29, 0.717) is 11.7 Å². The Kier molecular flexibility index (Phi) is 3.45. The summed E-state index contributed by atoms with van der Waals surface area (Å²) in [5, 5.41) is 0. The molecule has 1 aliphatic carbocycles. The minimum atomic E-state index is -0.474. The van der Waals surface area contributed by atoms with E-state index >= 15 is 0 Å². The molecular formula is C17H18FNO. The average molecular weight is 271 g/mol. The van der Waals surface area contributed by atoms with Gasteiger partial charge in [0.2, 0.25) is 0 Å². The molecule has 0 heterocycles. The van der Waals surface area contributed by atoms with Crippen molar-refractivity contribution in [1.29, 1.82) is 0 Å². The Balaban J connectivity index is 1.86. The molecular weight excluding hydrogens is 253 g/mol. The Morgan fingerprint density at radius 3 is 2.70 bits per heavy atom. The molecule has 2 nitrogen and oxygen atoms in total. The lowest BCUT2D eigenvalue weighted by atomic mass is 9.98. The number of hydrogen-bond donors (Lipinski definition) is 1. The van der Waals surface area contributed by atoms with Crippen molar-refractivity contribution in [3.05, 3.63) is 65.0 Å². The Labute approximate surface area is 118 Å². The van der Waals surface area contributed by atoms with Crippen LogP contribution in [0.5, 0.6) is 5.75 Å². The van der Waals surface area contributed by atoms with Gasteiger partial charge in [-0.25, -0.2) is 4.39 Å². The SMILES string of the molecule is Cc1ccc(C(N)c2cccc(OC3CC3)c2)c(F)c1. The van der Waals surface area contributed by atoms with E-state index in [2.05, 4.69) is 0 Å². The minimum absolute atomic E-state index is 0.258. The fraction of sp³-hybridized carbons (Fsp3) is 0.294. The lowest BCUT2D eigenvalue weighted by molar-refractivity contribution is 0.303. The lowest BCUT2D eigenvalue weighted by Gasteiger charge is -2.15. The number of hydrogen-bond acceptors (Lipinski definition) is 2. The number of ether oxygens (including phenoxy) is 1. The van der Waals surface area contributed by atoms with Crippen LogP contribution < -0.4 is 10.5 Å². The molecule has 1 aliphatic rings. The van der Waals surface area contributed by atoms with Crippen molar-refractivity contribution in [3.8, 4) is 5.75 Å². The molecule has 3 rings (SSSR count). The van der Waals surface area contributed by atoms with Gasteiger partial charge in [-0.05, 0) is 49.1 Å². The Morgan fingerprint density at radius 1 is 1.20 bits per heavy atom. The van der Waals surface area contributed by atoms with Gasteiger partial charge in [-0.3, -0.25) is 0 Å². The first kappa shape index (κ1) is 13.1. The van der Waals surface area contributed by atoms with Crippen LogP contribution in [0.2, 0.25) is 0 Å². The van der Waals surface area contributed by atoms with Crippen molar-refractivity contribution in [2.45, 2.75) is 31.9 Å². The molecule has 0 spiro atoms. The largest absolute Gasteiger partial charge is 0.490 e. The van der Waals surface area contributed by atoms with Crippen LogP contribution in [-0.2, 0) is 0 Å². The molecule has 0 radical (unpaired) electrons. The van der Waals surface area contributed by atoms with Crippen molar-refractivity contribution in [2.24, 2.45) is 5.73 Å². The van der Waals surface area contributed by atoms with Gasteiger partial charge in [-0.2, -0.15) is 0 Å². The summed E-state index contributed by atoms with van der Waals surface area (Å²) in [6.07, 6.45) is 2.57. The van der Waals surface area contributed by atoms with Gasteiger partial charge in [0.25, 0.3) is 0 Å². The number of nitrogens with two attached hydrogens (primary N) is 1. The second kappa shape index (κ2) is 5.25. The number of benzene rings is 2. The minimum Gasteiger partial charge on any atom is -0.490 e. The van der Waals surface area contributed by atoms with E-state index in [1.165, 1.54) is 6.07 Å². The monoisotopic (exact) mass is 271 g/mol. The fourth-order valence-electron chi connectivity index (χ4n) is 2.22. The van der Waals surface area contributed by atoms with Crippen molar-refractivity contribution in [2.75, 3.05) is 0 Å². The predicted molar refractivity (Wildman–Crippen MR) is 77.3 cm³/mol. The van der Waals surface area contributed by atoms with Gasteiger partial charge in [0, 0.05) is 5.56 Å². The summed E-state index contributed by atoms with van der Waals surface area (Å²) in [5.41, 5.74) is 8.46. The molecule has 0 aliphatic heterocycles. The van der Waals surface area contributed by atoms with E-state index in [1.54, 1.807) is 6.07 Å². The van der Waals surface area contributed by atoms with E-state index in [1.807, 2.05) is 37.3 Å². The van der Waals surface area contributed by atoms with Crippen molar-refractivity contribution >= 4 is 0 Å². The molecule has 3 heteroatoms. The molecule has 0 saturated heterocycles. The van der Waals surface area contributed by atoms with Gasteiger partial charge in [0.05, 0.1) is 12.1 Å². The maximum atomic E-state index is 14.0. The van der Waals surface area contributed by atoms with Gasteiger partial charge in [0.15, 0.2) is 0 Å². The third kappa shape index (κ3) is 2.83. The molecule has 104 valence electrons. The van der Waals surface area contributed by atoms with Crippen LogP contribution in [0.3, 0.4) is 0 Å². The zero-order chi connectivity index (χ0) is 14.1. The maximum absolute atomic E-state index is 14.0. The summed E-state index contributed by atoms with van der Waals surface area (Å²) >= 11 is 0. The zero-order valence-corrected chi connectivity index (χ0v) is 11.5. The third-order valence-electron chi connectivity index (χ3n) is 3.54. The second-order valence-electron chi connectivity index (χ2n) is 5.39. The van der Waals surface area contributed by atoms with Crippen LogP contribution in [0.25, 0.3) is 0 Å². The summed E-state index contributed by atoms with van der Waals surface area (Å²) in [6.45, 7) is 1.86. The van der Waals surface area contributed by atoms with Crippen LogP contribution in [0.4, 0.5) is 4.39 Å². The Bertz CT molecular complexity index is 622. The van der Waals surface area contributed by atoms with Crippen molar-refractivity contribution in [3.63, 3.8) is 0 Å². The summed E-state index contributed by atoms with van der Waals surface area (Å²) < 4.78 is 19.7. The van der Waals surface area contributed by atoms with Crippen LogP contribution in [0, 0.1) is 12.7 Å². The topological polar surface area (TPSA) is 35.2 Å². The van der Waals surface area contributed by atoms with Gasteiger partial charge in [-0.1, -0.05) is 24.3 Å². The first-order chi connectivity index (χ1) is 9.63. The zero-order valence-electron chi connectivity index (χ0n) is 11.5. The standard InChI is InChI=1S/C17H18FNO/c1-11-5-8-15(16(18)9-11)17(19)12-3-2-4-14(10-12)20-13-6-7-13/h2-5,8-10,13,17H,6-7,19H2,1H3. The van der Waals surface area contributed by atoms with E-state index in [9.17, 15) is 4.39 Å². The van der Waals surface area contributed by atoms with E-state index in [-0.39, 0.29) is 5.82 Å². The quantitative estimate of drug-likeness (QED) is 0.919. The summed E-state index contributed by atoms with van der Waals surface area (Å²) in [4.78, 5) is 0. The molecule has 1 fully saturated rings. The molecule has 2 aromatic carbocycles. The van der Waals surface area contributed by atoms with Gasteiger partial charge < -0.3 is 10.5 Å². The fourth-order valence-corrected chi connectivity index (χ4v) is 2.22. The highest BCUT2D eigenvalue weighted by Gasteiger charge is 2.23. The molecule has 1 saturated carbocycles. The highest BCUT2D eigenvalue weighted by Crippen LogP contribution is 2.30. The molecule has 0 bridgehead atoms. The molecule has 0 amide bonds. The second-order valence-corrected chi connectivity index (χ2v) is 5.39. The normalized spacial score (nSPS) is 15.9. The Hall–Kier alpha value is -1.87. The summed E-state index contributed by atoms with van der Waals surface area (Å²) in [6, 6.07) is 12.3. The predicted octanol–water partition coefficient (Wildman–Crippen LogP) is 3.72. The molecule has 20 heavy (non-hydrogen) atoms. The highest BCUT2D eigenvalue weighted by atomic mass is 19.1. The van der Waals surface area contributed by atoms with Crippen LogP contribution in [0.15, 0.2) is 42.5 Å². The van der Waals surface area contributed by atoms with Gasteiger partial charge in [0.1, 0.15) is 11.6 Å². The highest BCUT2D eigenvalue weighted by molar-refractivity contribution is 5.38. The third-order valence-corrected chi connectivity index (χ3v) is 3.54. The summed E-state index contributed by atoms with van der Waals surface area (Å²) in [7, 11) is 0. The van der Waals surface area contributed by atoms with Crippen LogP contribution in [-0.4, -0.2) is 6.10 Å². The smallest absolute Gasteiger partial charge is 0.128 e. The average Bonchev–Trinajstić information content (AvgIpc) is 3.22. The Morgan fingerprint density at radius 2 is 2.00 bits per heavy atom. The number of aryl methyl sites for hydroxylation is 1. The van der Waals surface area contributed by atoms with E-state index in [0.717, 1.165) is 29.7 Å². The van der Waals surface area contributed by atoms with Crippen LogP contribution >= 0.6 is 0 Å². The molecule has 1 unspecified atom stereocenters. The molecule has 2 N–H and O–H groups in total. The number of rotatable bonds is 4. The molecule has 0 aromatic heterocycles. The first-order valence-corrected chi connectivity index (χ1v) is 6.92. The maximum Gasteiger partial charge on any atom is 0.128 e. The summed E-state index contributed by atoms with van der Waals surface area (Å²) in [5.74, 6) is 0.555. The van der Waals surface area contributed by atoms with Gasteiger partial charge >= 0.3 is 0 Å².